The molecule has 0 N–H and O–H groups in total. The minimum atomic E-state index is -5.02. The van der Waals surface area contributed by atoms with E-state index in [1.807, 2.05) is 0 Å². The third kappa shape index (κ3) is 4.95. The first kappa shape index (κ1) is 22.4. The molecule has 0 bridgehead atoms. The minimum absolute atomic E-state index is 0.0126. The molecule has 2 heterocycles. The number of hydrogen-bond donors (Lipinski definition) is 0. The molecule has 160 valence electrons. The highest BCUT2D eigenvalue weighted by molar-refractivity contribution is 7.92. The number of aryl methyl sites for hydroxylation is 1. The number of piperidine rings is 1. The Labute approximate surface area is 160 Å². The molecule has 0 spiro atoms. The molecule has 1 aromatic rings. The number of alkyl halides is 4. The first-order valence-corrected chi connectivity index (χ1v) is 10.1. The summed E-state index contributed by atoms with van der Waals surface area (Å²) in [6.45, 7) is 5.17. The summed E-state index contributed by atoms with van der Waals surface area (Å²) in [5, 5.41) is 3.12. The van der Waals surface area contributed by atoms with Gasteiger partial charge < -0.3 is 9.64 Å². The number of sulfone groups is 1. The predicted octanol–water partition coefficient (Wildman–Crippen LogP) is 3.16. The normalized spacial score (nSPS) is 18.2. The van der Waals surface area contributed by atoms with E-state index >= 15 is 0 Å². The van der Waals surface area contributed by atoms with Crippen molar-refractivity contribution in [3.05, 3.63) is 11.9 Å². The van der Waals surface area contributed by atoms with Gasteiger partial charge in [-0.15, -0.1) is 0 Å². The Kier molecular flexibility index (Phi) is 6.03. The second-order valence-electron chi connectivity index (χ2n) is 7.71. The van der Waals surface area contributed by atoms with Gasteiger partial charge in [-0.1, -0.05) is 0 Å². The van der Waals surface area contributed by atoms with E-state index < -0.39 is 49.7 Å². The van der Waals surface area contributed by atoms with Gasteiger partial charge in [0.05, 0.1) is 0 Å². The van der Waals surface area contributed by atoms with E-state index in [4.69, 9.17) is 4.74 Å². The Morgan fingerprint density at radius 2 is 1.79 bits per heavy atom. The number of carbonyl (C=O) groups is 1. The molecule has 1 amide bonds. The highest BCUT2D eigenvalue weighted by atomic mass is 32.2. The molecular weight excluding hydrogens is 406 g/mol. The molecule has 1 fully saturated rings. The summed E-state index contributed by atoms with van der Waals surface area (Å²) < 4.78 is 84.8. The number of ether oxygens (including phenoxy) is 1. The number of rotatable bonds is 3. The number of carbonyl (C=O) groups excluding carboxylic acids is 1. The molecule has 1 saturated heterocycles. The maximum Gasteiger partial charge on any atom is 0.436 e. The fourth-order valence-electron chi connectivity index (χ4n) is 2.92. The van der Waals surface area contributed by atoms with Crippen molar-refractivity contribution in [2.75, 3.05) is 13.1 Å². The van der Waals surface area contributed by atoms with Gasteiger partial charge in [-0.3, -0.25) is 4.68 Å². The smallest absolute Gasteiger partial charge is 0.436 e. The Hall–Kier alpha value is -1.85. The van der Waals surface area contributed by atoms with Crippen molar-refractivity contribution < 1.29 is 35.5 Å². The van der Waals surface area contributed by atoms with Gasteiger partial charge in [0.15, 0.2) is 5.69 Å². The van der Waals surface area contributed by atoms with Gasteiger partial charge in [-0.25, -0.2) is 17.6 Å². The van der Waals surface area contributed by atoms with E-state index in [9.17, 15) is 30.8 Å². The second-order valence-corrected chi connectivity index (χ2v) is 9.69. The van der Waals surface area contributed by atoms with E-state index in [1.54, 1.807) is 20.8 Å². The fraction of sp³-hybridized carbons (Fsp3) is 0.750. The van der Waals surface area contributed by atoms with Gasteiger partial charge >= 0.3 is 12.3 Å². The highest BCUT2D eigenvalue weighted by Gasteiger charge is 2.46. The summed E-state index contributed by atoms with van der Waals surface area (Å²) in [6, 6.07) is 0. The maximum absolute atomic E-state index is 14.8. The maximum atomic E-state index is 14.8. The van der Waals surface area contributed by atoms with Gasteiger partial charge in [0.25, 0.3) is 0 Å². The van der Waals surface area contributed by atoms with Crippen molar-refractivity contribution in [3.63, 3.8) is 0 Å². The van der Waals surface area contributed by atoms with Crippen molar-refractivity contribution in [1.82, 2.24) is 14.7 Å². The zero-order chi connectivity index (χ0) is 21.5. The van der Waals surface area contributed by atoms with Crippen LogP contribution in [-0.2, 0) is 27.8 Å². The van der Waals surface area contributed by atoms with Crippen LogP contribution in [0.5, 0.6) is 0 Å². The lowest BCUT2D eigenvalue weighted by molar-refractivity contribution is -0.143. The lowest BCUT2D eigenvalue weighted by Gasteiger charge is -2.34. The van der Waals surface area contributed by atoms with Crippen molar-refractivity contribution in [1.29, 1.82) is 0 Å². The van der Waals surface area contributed by atoms with Crippen LogP contribution in [0.4, 0.5) is 22.4 Å². The molecule has 0 aliphatic carbocycles. The Bertz CT molecular complexity index is 822. The molecule has 2 rings (SSSR count). The molecule has 0 aromatic carbocycles. The zero-order valence-corrected chi connectivity index (χ0v) is 16.8. The summed E-state index contributed by atoms with van der Waals surface area (Å²) in [7, 11) is -3.78. The van der Waals surface area contributed by atoms with Crippen LogP contribution in [0.15, 0.2) is 11.1 Å². The molecule has 1 aromatic heterocycles. The van der Waals surface area contributed by atoms with Crippen molar-refractivity contribution in [3.8, 4) is 0 Å². The standard InChI is InChI=1S/C16H23F4N3O4S/c1-15(2,3)27-14(24)23-7-5-10(6-8-23)13(17)28(25,26)11-9-22(4)21-12(11)16(18,19)20/h9-10,13H,5-8H2,1-4H3. The van der Waals surface area contributed by atoms with E-state index in [2.05, 4.69) is 5.10 Å². The molecule has 12 heteroatoms. The summed E-state index contributed by atoms with van der Waals surface area (Å²) >= 11 is 0. The van der Waals surface area contributed by atoms with Crippen molar-refractivity contribution in [2.24, 2.45) is 13.0 Å². The summed E-state index contributed by atoms with van der Waals surface area (Å²) in [4.78, 5) is 12.2. The summed E-state index contributed by atoms with van der Waals surface area (Å²) in [5.74, 6) is -1.04. The zero-order valence-electron chi connectivity index (χ0n) is 16.0. The van der Waals surface area contributed by atoms with Crippen molar-refractivity contribution >= 4 is 15.9 Å². The van der Waals surface area contributed by atoms with E-state index in [0.717, 1.165) is 7.05 Å². The van der Waals surface area contributed by atoms with Crippen LogP contribution in [-0.4, -0.2) is 53.4 Å². The predicted molar refractivity (Wildman–Crippen MR) is 90.8 cm³/mol. The van der Waals surface area contributed by atoms with Gasteiger partial charge in [0, 0.05) is 32.3 Å². The quantitative estimate of drug-likeness (QED) is 0.690. The largest absolute Gasteiger partial charge is 0.444 e. The van der Waals surface area contributed by atoms with Gasteiger partial charge in [0.1, 0.15) is 10.5 Å². The summed E-state index contributed by atoms with van der Waals surface area (Å²) in [6.07, 6.45) is -5.00. The molecule has 28 heavy (non-hydrogen) atoms. The molecule has 1 atom stereocenters. The van der Waals surface area contributed by atoms with Crippen molar-refractivity contribution in [2.45, 2.75) is 55.8 Å². The molecule has 1 unspecified atom stereocenters. The number of aromatic nitrogens is 2. The topological polar surface area (TPSA) is 81.5 Å². The fourth-order valence-corrected chi connectivity index (χ4v) is 4.66. The lowest BCUT2D eigenvalue weighted by atomic mass is 9.98. The SMILES string of the molecule is Cn1cc(S(=O)(=O)C(F)C2CCN(C(=O)OC(C)(C)C)CC2)c(C(F)(F)F)n1. The monoisotopic (exact) mass is 429 g/mol. The molecule has 1 aliphatic heterocycles. The third-order valence-electron chi connectivity index (χ3n) is 4.23. The van der Waals surface area contributed by atoms with Crippen LogP contribution >= 0.6 is 0 Å². The number of hydrogen-bond acceptors (Lipinski definition) is 5. The average Bonchev–Trinajstić information content (AvgIpc) is 2.96. The van der Waals surface area contributed by atoms with E-state index in [0.29, 0.717) is 10.9 Å². The first-order chi connectivity index (χ1) is 12.6. The molecule has 0 saturated carbocycles. The Morgan fingerprint density at radius 3 is 2.25 bits per heavy atom. The van der Waals surface area contributed by atoms with Gasteiger partial charge in [0.2, 0.25) is 15.3 Å². The Morgan fingerprint density at radius 1 is 1.25 bits per heavy atom. The summed E-state index contributed by atoms with van der Waals surface area (Å²) in [5.41, 5.74) is -4.88. The van der Waals surface area contributed by atoms with Crippen LogP contribution in [0.3, 0.4) is 0 Å². The van der Waals surface area contributed by atoms with Crippen LogP contribution in [0.1, 0.15) is 39.3 Å². The molecule has 0 radical (unpaired) electrons. The van der Waals surface area contributed by atoms with E-state index in [-0.39, 0.29) is 25.9 Å². The number of halogens is 4. The molecule has 7 nitrogen and oxygen atoms in total. The Balaban J connectivity index is 2.13. The third-order valence-corrected chi connectivity index (χ3v) is 6.12. The minimum Gasteiger partial charge on any atom is -0.444 e. The lowest BCUT2D eigenvalue weighted by Crippen LogP contribution is -2.44. The van der Waals surface area contributed by atoms with Gasteiger partial charge in [-0.2, -0.15) is 18.3 Å². The highest BCUT2D eigenvalue weighted by Crippen LogP contribution is 2.37. The molecular formula is C16H23F4N3O4S. The first-order valence-electron chi connectivity index (χ1n) is 8.59. The number of likely N-dealkylation sites (tertiary alicyclic amines) is 1. The van der Waals surface area contributed by atoms with E-state index in [1.165, 1.54) is 4.90 Å². The number of amides is 1. The average molecular weight is 429 g/mol. The molecule has 1 aliphatic rings. The van der Waals surface area contributed by atoms with Crippen LogP contribution in [0.2, 0.25) is 0 Å². The van der Waals surface area contributed by atoms with Crippen LogP contribution in [0.25, 0.3) is 0 Å². The van der Waals surface area contributed by atoms with Crippen LogP contribution in [0, 0.1) is 5.92 Å². The van der Waals surface area contributed by atoms with Gasteiger partial charge in [-0.05, 0) is 33.6 Å². The second kappa shape index (κ2) is 7.53. The van der Waals surface area contributed by atoms with Crippen LogP contribution < -0.4 is 0 Å². The number of nitrogens with zero attached hydrogens (tertiary/aromatic N) is 3.